The van der Waals surface area contributed by atoms with Crippen molar-refractivity contribution in [2.45, 2.75) is 13.0 Å². The van der Waals surface area contributed by atoms with Crippen molar-refractivity contribution in [3.8, 4) is 5.75 Å². The maximum Gasteiger partial charge on any atom is 0.119 e. The number of ether oxygens (including phenoxy) is 4. The lowest BCUT2D eigenvalue weighted by atomic mass is 10.2. The number of methoxy groups -OCH3 is 1. The summed E-state index contributed by atoms with van der Waals surface area (Å²) in [6, 6.07) is 7.79. The number of benzene rings is 1. The molecule has 5 heteroatoms. The Kier molecular flexibility index (Phi) is 9.87. The highest BCUT2D eigenvalue weighted by Crippen LogP contribution is 2.12. The summed E-state index contributed by atoms with van der Waals surface area (Å²) in [5.41, 5.74) is 6.64. The van der Waals surface area contributed by atoms with Crippen LogP contribution in [-0.4, -0.2) is 46.8 Å². The molecule has 0 aromatic heterocycles. The van der Waals surface area contributed by atoms with Gasteiger partial charge in [0.2, 0.25) is 0 Å². The highest BCUT2D eigenvalue weighted by molar-refractivity contribution is 5.28. The van der Waals surface area contributed by atoms with E-state index in [-0.39, 0.29) is 0 Å². The second kappa shape index (κ2) is 11.7. The molecule has 0 saturated heterocycles. The zero-order valence-corrected chi connectivity index (χ0v) is 12.2. The first-order valence-corrected chi connectivity index (χ1v) is 6.93. The molecule has 0 radical (unpaired) electrons. The topological polar surface area (TPSA) is 62.9 Å². The van der Waals surface area contributed by atoms with Gasteiger partial charge in [-0.3, -0.25) is 0 Å². The molecule has 1 rings (SSSR count). The summed E-state index contributed by atoms with van der Waals surface area (Å²) >= 11 is 0. The summed E-state index contributed by atoms with van der Waals surface area (Å²) in [5, 5.41) is 0. The van der Waals surface area contributed by atoms with Crippen LogP contribution >= 0.6 is 0 Å². The molecule has 0 spiro atoms. The highest BCUT2D eigenvalue weighted by Gasteiger charge is 1.96. The Labute approximate surface area is 121 Å². The predicted octanol–water partition coefficient (Wildman–Crippen LogP) is 1.59. The fraction of sp³-hybridized carbons (Fsp3) is 0.600. The van der Waals surface area contributed by atoms with Crippen molar-refractivity contribution < 1.29 is 18.9 Å². The fourth-order valence-corrected chi connectivity index (χ4v) is 1.59. The summed E-state index contributed by atoms with van der Waals surface area (Å²) in [5.74, 6) is 0.833. The van der Waals surface area contributed by atoms with Crippen LogP contribution in [-0.2, 0) is 20.8 Å². The van der Waals surface area contributed by atoms with Gasteiger partial charge in [-0.25, -0.2) is 0 Å². The molecule has 0 aliphatic heterocycles. The van der Waals surface area contributed by atoms with Crippen molar-refractivity contribution in [2.24, 2.45) is 5.73 Å². The monoisotopic (exact) mass is 283 g/mol. The fourth-order valence-electron chi connectivity index (χ4n) is 1.59. The first kappa shape index (κ1) is 16.9. The van der Waals surface area contributed by atoms with Gasteiger partial charge in [-0.15, -0.1) is 0 Å². The SMILES string of the molecule is COCCOCCCOCCOc1cccc(CN)c1. The van der Waals surface area contributed by atoms with Gasteiger partial charge in [0.25, 0.3) is 0 Å². The molecular weight excluding hydrogens is 258 g/mol. The maximum absolute atomic E-state index is 5.58. The maximum atomic E-state index is 5.58. The number of hydrogen-bond acceptors (Lipinski definition) is 5. The number of nitrogens with two attached hydrogens (primary N) is 1. The summed E-state index contributed by atoms with van der Waals surface area (Å²) in [4.78, 5) is 0. The molecule has 0 saturated carbocycles. The third kappa shape index (κ3) is 8.12. The molecule has 0 heterocycles. The van der Waals surface area contributed by atoms with Crippen LogP contribution in [0.25, 0.3) is 0 Å². The van der Waals surface area contributed by atoms with E-state index in [1.54, 1.807) is 7.11 Å². The van der Waals surface area contributed by atoms with Gasteiger partial charge in [0.05, 0.1) is 19.8 Å². The molecule has 0 unspecified atom stereocenters. The molecule has 114 valence electrons. The molecule has 1 aromatic rings. The zero-order chi connectivity index (χ0) is 14.5. The molecule has 1 aromatic carbocycles. The van der Waals surface area contributed by atoms with Gasteiger partial charge in [0, 0.05) is 26.9 Å². The molecule has 0 aliphatic rings. The van der Waals surface area contributed by atoms with Gasteiger partial charge in [-0.05, 0) is 24.1 Å². The summed E-state index contributed by atoms with van der Waals surface area (Å²) < 4.78 is 21.2. The Morgan fingerprint density at radius 2 is 1.70 bits per heavy atom. The molecule has 0 aliphatic carbocycles. The van der Waals surface area contributed by atoms with Crippen LogP contribution in [0.15, 0.2) is 24.3 Å². The van der Waals surface area contributed by atoms with E-state index in [1.807, 2.05) is 24.3 Å². The lowest BCUT2D eigenvalue weighted by Crippen LogP contribution is -2.10. The minimum Gasteiger partial charge on any atom is -0.491 e. The van der Waals surface area contributed by atoms with Crippen LogP contribution in [0.3, 0.4) is 0 Å². The van der Waals surface area contributed by atoms with E-state index in [4.69, 9.17) is 24.7 Å². The molecular formula is C15H25NO4. The Morgan fingerprint density at radius 3 is 2.40 bits per heavy atom. The standard InChI is InChI=1S/C15H25NO4/c1-17-8-9-18-6-3-7-19-10-11-20-15-5-2-4-14(12-15)13-16/h2,4-5,12H,3,6-11,13,16H2,1H3. The summed E-state index contributed by atoms with van der Waals surface area (Å²) in [6.45, 7) is 4.29. The quantitative estimate of drug-likeness (QED) is 0.590. The van der Waals surface area contributed by atoms with Crippen LogP contribution in [0.5, 0.6) is 5.75 Å². The number of rotatable bonds is 12. The van der Waals surface area contributed by atoms with E-state index < -0.39 is 0 Å². The van der Waals surface area contributed by atoms with Crippen molar-refractivity contribution in [3.63, 3.8) is 0 Å². The second-order valence-electron chi connectivity index (χ2n) is 4.27. The first-order valence-electron chi connectivity index (χ1n) is 6.93. The molecule has 2 N–H and O–H groups in total. The molecule has 20 heavy (non-hydrogen) atoms. The Morgan fingerprint density at radius 1 is 0.950 bits per heavy atom. The van der Waals surface area contributed by atoms with Crippen LogP contribution in [0.2, 0.25) is 0 Å². The van der Waals surface area contributed by atoms with Gasteiger partial charge < -0.3 is 24.7 Å². The van der Waals surface area contributed by atoms with Crippen molar-refractivity contribution in [1.82, 2.24) is 0 Å². The van der Waals surface area contributed by atoms with E-state index in [9.17, 15) is 0 Å². The average Bonchev–Trinajstić information content (AvgIpc) is 2.49. The highest BCUT2D eigenvalue weighted by atomic mass is 16.5. The van der Waals surface area contributed by atoms with Crippen molar-refractivity contribution in [3.05, 3.63) is 29.8 Å². The van der Waals surface area contributed by atoms with Crippen molar-refractivity contribution >= 4 is 0 Å². The summed E-state index contributed by atoms with van der Waals surface area (Å²) in [7, 11) is 1.66. The van der Waals surface area contributed by atoms with Gasteiger partial charge >= 0.3 is 0 Å². The van der Waals surface area contributed by atoms with Crippen LogP contribution in [0.4, 0.5) is 0 Å². The third-order valence-electron chi connectivity index (χ3n) is 2.64. The zero-order valence-electron chi connectivity index (χ0n) is 12.2. The third-order valence-corrected chi connectivity index (χ3v) is 2.64. The van der Waals surface area contributed by atoms with Crippen LogP contribution < -0.4 is 10.5 Å². The molecule has 0 amide bonds. The van der Waals surface area contributed by atoms with E-state index in [2.05, 4.69) is 0 Å². The van der Waals surface area contributed by atoms with E-state index in [0.717, 1.165) is 17.7 Å². The van der Waals surface area contributed by atoms with Crippen molar-refractivity contribution in [1.29, 1.82) is 0 Å². The molecule has 0 fully saturated rings. The van der Waals surface area contributed by atoms with E-state index in [1.165, 1.54) is 0 Å². The minimum absolute atomic E-state index is 0.525. The normalized spacial score (nSPS) is 10.7. The Hall–Kier alpha value is -1.14. The second-order valence-corrected chi connectivity index (χ2v) is 4.27. The predicted molar refractivity (Wildman–Crippen MR) is 78.0 cm³/mol. The average molecular weight is 283 g/mol. The Bertz CT molecular complexity index is 346. The number of hydrogen-bond donors (Lipinski definition) is 1. The van der Waals surface area contributed by atoms with Gasteiger partial charge in [0.1, 0.15) is 12.4 Å². The molecule has 5 nitrogen and oxygen atoms in total. The molecule has 0 bridgehead atoms. The van der Waals surface area contributed by atoms with Gasteiger partial charge in [-0.1, -0.05) is 12.1 Å². The molecule has 0 atom stereocenters. The van der Waals surface area contributed by atoms with E-state index >= 15 is 0 Å². The largest absolute Gasteiger partial charge is 0.491 e. The van der Waals surface area contributed by atoms with Crippen LogP contribution in [0, 0.1) is 0 Å². The van der Waals surface area contributed by atoms with Crippen LogP contribution in [0.1, 0.15) is 12.0 Å². The van der Waals surface area contributed by atoms with Gasteiger partial charge in [-0.2, -0.15) is 0 Å². The Balaban J connectivity index is 1.94. The smallest absolute Gasteiger partial charge is 0.119 e. The summed E-state index contributed by atoms with van der Waals surface area (Å²) in [6.07, 6.45) is 0.881. The van der Waals surface area contributed by atoms with Crippen molar-refractivity contribution in [2.75, 3.05) is 46.8 Å². The van der Waals surface area contributed by atoms with Gasteiger partial charge in [0.15, 0.2) is 0 Å². The lowest BCUT2D eigenvalue weighted by molar-refractivity contribution is 0.0459. The van der Waals surface area contributed by atoms with E-state index in [0.29, 0.717) is 46.2 Å². The first-order chi connectivity index (χ1) is 9.86. The minimum atomic E-state index is 0.525. The lowest BCUT2D eigenvalue weighted by Gasteiger charge is -2.08.